The van der Waals surface area contributed by atoms with E-state index in [1.54, 1.807) is 18.6 Å². The van der Waals surface area contributed by atoms with Gasteiger partial charge in [-0.05, 0) is 23.6 Å². The summed E-state index contributed by atoms with van der Waals surface area (Å²) in [7, 11) is 0. The summed E-state index contributed by atoms with van der Waals surface area (Å²) >= 11 is 0. The summed E-state index contributed by atoms with van der Waals surface area (Å²) in [5, 5.41) is 3.23. The molecule has 1 N–H and O–H groups in total. The average Bonchev–Trinajstić information content (AvgIpc) is 3.03. The van der Waals surface area contributed by atoms with E-state index in [0.717, 1.165) is 55.5 Å². The van der Waals surface area contributed by atoms with Crippen molar-refractivity contribution in [1.29, 1.82) is 0 Å². The number of carbonyl (C=O) groups is 1. The highest BCUT2D eigenvalue weighted by Crippen LogP contribution is 2.34. The van der Waals surface area contributed by atoms with Crippen molar-refractivity contribution in [3.8, 4) is 11.5 Å². The fraction of sp³-hybridized carbons (Fsp3) is 0.522. The van der Waals surface area contributed by atoms with Crippen LogP contribution in [0.3, 0.4) is 0 Å². The zero-order chi connectivity index (χ0) is 21.6. The Kier molecular flexibility index (Phi) is 6.86. The monoisotopic (exact) mass is 425 g/mol. The number of hydrogen-bond acceptors (Lipinski definition) is 7. The molecule has 166 valence electrons. The number of carbonyl (C=O) groups excluding carboxylic acids is 1. The van der Waals surface area contributed by atoms with Crippen LogP contribution in [-0.2, 0) is 4.79 Å². The van der Waals surface area contributed by atoms with Gasteiger partial charge in [0.1, 0.15) is 5.82 Å². The molecule has 0 bridgehead atoms. The number of rotatable bonds is 6. The Morgan fingerprint density at radius 3 is 2.58 bits per heavy atom. The van der Waals surface area contributed by atoms with Gasteiger partial charge in [-0.2, -0.15) is 0 Å². The van der Waals surface area contributed by atoms with Gasteiger partial charge in [0.2, 0.25) is 5.91 Å². The summed E-state index contributed by atoms with van der Waals surface area (Å²) in [5.41, 5.74) is 1.04. The zero-order valence-corrected chi connectivity index (χ0v) is 18.3. The summed E-state index contributed by atoms with van der Waals surface area (Å²) in [4.78, 5) is 25.7. The van der Waals surface area contributed by atoms with E-state index < -0.39 is 0 Å². The molecule has 3 heterocycles. The molecule has 1 aromatic heterocycles. The summed E-state index contributed by atoms with van der Waals surface area (Å²) in [5.74, 6) is 2.72. The topological polar surface area (TPSA) is 79.8 Å². The van der Waals surface area contributed by atoms with Crippen LogP contribution >= 0.6 is 0 Å². The number of anilines is 1. The Hall–Kier alpha value is -2.87. The van der Waals surface area contributed by atoms with Gasteiger partial charge < -0.3 is 19.7 Å². The molecular weight excluding hydrogens is 394 g/mol. The molecule has 8 nitrogen and oxygen atoms in total. The van der Waals surface area contributed by atoms with E-state index in [4.69, 9.17) is 9.47 Å². The van der Waals surface area contributed by atoms with Crippen LogP contribution in [0, 0.1) is 5.92 Å². The van der Waals surface area contributed by atoms with E-state index in [2.05, 4.69) is 38.9 Å². The summed E-state index contributed by atoms with van der Waals surface area (Å²) < 4.78 is 11.6. The van der Waals surface area contributed by atoms with Gasteiger partial charge in [-0.25, -0.2) is 4.98 Å². The molecular formula is C23H31N5O3. The number of nitrogens with zero attached hydrogens (tertiary/aromatic N) is 4. The molecule has 0 unspecified atom stereocenters. The molecule has 0 aliphatic carbocycles. The molecule has 2 aromatic rings. The minimum atomic E-state index is -0.0782. The Balaban J connectivity index is 1.34. The van der Waals surface area contributed by atoms with Crippen LogP contribution in [0.2, 0.25) is 0 Å². The Bertz CT molecular complexity index is 869. The SMILES string of the molecule is CC(C)[C@@H](NC(=O)CN1CCN(c2cnccn2)CC1)c1ccc2c(c1)OCCCO2. The molecule has 0 saturated carbocycles. The van der Waals surface area contributed by atoms with Gasteiger partial charge in [0.25, 0.3) is 0 Å². The van der Waals surface area contributed by atoms with Crippen LogP contribution in [0.25, 0.3) is 0 Å². The smallest absolute Gasteiger partial charge is 0.234 e. The van der Waals surface area contributed by atoms with Gasteiger partial charge in [0, 0.05) is 45.0 Å². The predicted octanol–water partition coefficient (Wildman–Crippen LogP) is 2.27. The van der Waals surface area contributed by atoms with E-state index in [9.17, 15) is 4.79 Å². The lowest BCUT2D eigenvalue weighted by Gasteiger charge is -2.35. The second kappa shape index (κ2) is 9.96. The second-order valence-corrected chi connectivity index (χ2v) is 8.37. The molecule has 1 atom stereocenters. The van der Waals surface area contributed by atoms with Gasteiger partial charge in [-0.1, -0.05) is 19.9 Å². The van der Waals surface area contributed by atoms with Crippen molar-refractivity contribution in [2.45, 2.75) is 26.3 Å². The third kappa shape index (κ3) is 5.44. The van der Waals surface area contributed by atoms with Gasteiger partial charge >= 0.3 is 0 Å². The van der Waals surface area contributed by atoms with Crippen LogP contribution in [0.15, 0.2) is 36.8 Å². The number of nitrogens with one attached hydrogen (secondary N) is 1. The van der Waals surface area contributed by atoms with Crippen LogP contribution in [0.5, 0.6) is 11.5 Å². The molecule has 0 radical (unpaired) electrons. The molecule has 1 aromatic carbocycles. The number of benzene rings is 1. The Labute approximate surface area is 183 Å². The fourth-order valence-corrected chi connectivity index (χ4v) is 4.02. The third-order valence-corrected chi connectivity index (χ3v) is 5.73. The number of fused-ring (bicyclic) bond motifs is 1. The normalized spacial score (nSPS) is 17.8. The third-order valence-electron chi connectivity index (χ3n) is 5.73. The highest BCUT2D eigenvalue weighted by molar-refractivity contribution is 5.78. The minimum absolute atomic E-state index is 0.0405. The maximum atomic E-state index is 12.9. The summed E-state index contributed by atoms with van der Waals surface area (Å²) in [6.45, 7) is 9.25. The maximum absolute atomic E-state index is 12.9. The first-order valence-electron chi connectivity index (χ1n) is 11.0. The van der Waals surface area contributed by atoms with Gasteiger partial charge in [-0.3, -0.25) is 14.7 Å². The Morgan fingerprint density at radius 2 is 1.87 bits per heavy atom. The van der Waals surface area contributed by atoms with Crippen LogP contribution < -0.4 is 19.7 Å². The van der Waals surface area contributed by atoms with E-state index in [1.807, 2.05) is 18.2 Å². The van der Waals surface area contributed by atoms with E-state index in [0.29, 0.717) is 19.8 Å². The second-order valence-electron chi connectivity index (χ2n) is 8.37. The standard InChI is InChI=1S/C23H31N5O3/c1-17(2)23(18-4-5-19-20(14-18)31-13-3-12-30-19)26-22(29)16-27-8-10-28(11-9-27)21-15-24-6-7-25-21/h4-7,14-15,17,23H,3,8-13,16H2,1-2H3,(H,26,29)/t23-/m1/s1. The minimum Gasteiger partial charge on any atom is -0.490 e. The quantitative estimate of drug-likeness (QED) is 0.761. The van der Waals surface area contributed by atoms with Crippen molar-refractivity contribution in [3.05, 3.63) is 42.4 Å². The lowest BCUT2D eigenvalue weighted by molar-refractivity contribution is -0.123. The maximum Gasteiger partial charge on any atom is 0.234 e. The number of amides is 1. The van der Waals surface area contributed by atoms with Crippen LogP contribution in [0.4, 0.5) is 5.82 Å². The highest BCUT2D eigenvalue weighted by Gasteiger charge is 2.24. The first-order valence-corrected chi connectivity index (χ1v) is 11.0. The summed E-state index contributed by atoms with van der Waals surface area (Å²) in [6.07, 6.45) is 6.04. The van der Waals surface area contributed by atoms with E-state index >= 15 is 0 Å². The molecule has 2 aliphatic rings. The first-order chi connectivity index (χ1) is 15.1. The highest BCUT2D eigenvalue weighted by atomic mass is 16.5. The van der Waals surface area contributed by atoms with E-state index in [-0.39, 0.29) is 17.9 Å². The molecule has 31 heavy (non-hydrogen) atoms. The van der Waals surface area contributed by atoms with Crippen molar-refractivity contribution in [1.82, 2.24) is 20.2 Å². The van der Waals surface area contributed by atoms with Crippen LogP contribution in [0.1, 0.15) is 31.9 Å². The molecule has 1 amide bonds. The first kappa shape index (κ1) is 21.4. The average molecular weight is 426 g/mol. The molecule has 1 fully saturated rings. The Morgan fingerprint density at radius 1 is 1.10 bits per heavy atom. The number of aromatic nitrogens is 2. The predicted molar refractivity (Wildman–Crippen MR) is 118 cm³/mol. The van der Waals surface area contributed by atoms with Gasteiger partial charge in [-0.15, -0.1) is 0 Å². The lowest BCUT2D eigenvalue weighted by atomic mass is 9.95. The summed E-state index contributed by atoms with van der Waals surface area (Å²) in [6, 6.07) is 5.90. The largest absolute Gasteiger partial charge is 0.490 e. The fourth-order valence-electron chi connectivity index (χ4n) is 4.02. The van der Waals surface area contributed by atoms with Gasteiger partial charge in [0.05, 0.1) is 32.0 Å². The van der Waals surface area contributed by atoms with Crippen molar-refractivity contribution >= 4 is 11.7 Å². The van der Waals surface area contributed by atoms with Crippen LogP contribution in [-0.4, -0.2) is 66.7 Å². The molecule has 1 saturated heterocycles. The van der Waals surface area contributed by atoms with Gasteiger partial charge in [0.15, 0.2) is 11.5 Å². The van der Waals surface area contributed by atoms with Crippen molar-refractivity contribution in [2.75, 3.05) is 50.8 Å². The molecule has 8 heteroatoms. The zero-order valence-electron chi connectivity index (χ0n) is 18.3. The number of ether oxygens (including phenoxy) is 2. The van der Waals surface area contributed by atoms with Crippen molar-refractivity contribution in [2.24, 2.45) is 5.92 Å². The number of hydrogen-bond donors (Lipinski definition) is 1. The lowest BCUT2D eigenvalue weighted by Crippen LogP contribution is -2.50. The number of piperazine rings is 1. The van der Waals surface area contributed by atoms with Crippen molar-refractivity contribution in [3.63, 3.8) is 0 Å². The molecule has 2 aliphatic heterocycles. The van der Waals surface area contributed by atoms with E-state index in [1.165, 1.54) is 0 Å². The molecule has 0 spiro atoms. The molecule has 4 rings (SSSR count). The van der Waals surface area contributed by atoms with Crippen molar-refractivity contribution < 1.29 is 14.3 Å².